The molecule has 0 aliphatic rings. The number of rotatable bonds is 7. The van der Waals surface area contributed by atoms with E-state index in [4.69, 9.17) is 5.11 Å². The second kappa shape index (κ2) is 5.43. The molecule has 0 saturated carbocycles. The first-order chi connectivity index (χ1) is 6.71. The van der Waals surface area contributed by atoms with Crippen LogP contribution >= 0.6 is 0 Å². The molecule has 15 heavy (non-hydrogen) atoms. The van der Waals surface area contributed by atoms with Crippen LogP contribution < -0.4 is 10.0 Å². The summed E-state index contributed by atoms with van der Waals surface area (Å²) in [6.45, 7) is 3.78. The predicted molar refractivity (Wildman–Crippen MR) is 57.2 cm³/mol. The summed E-state index contributed by atoms with van der Waals surface area (Å²) in [6.07, 6.45) is 1.49. The van der Waals surface area contributed by atoms with Crippen molar-refractivity contribution >= 4 is 16.0 Å². The molecule has 7 heteroatoms. The van der Waals surface area contributed by atoms with Gasteiger partial charge in [-0.15, -0.1) is 0 Å². The summed E-state index contributed by atoms with van der Waals surface area (Å²) in [5.41, 5.74) is -1.00. The van der Waals surface area contributed by atoms with E-state index in [1.54, 1.807) is 13.8 Å². The Morgan fingerprint density at radius 1 is 1.40 bits per heavy atom. The number of carbonyl (C=O) groups is 1. The molecule has 0 amide bonds. The van der Waals surface area contributed by atoms with E-state index >= 15 is 0 Å². The Hall–Kier alpha value is -0.660. The van der Waals surface area contributed by atoms with Crippen LogP contribution in [0.1, 0.15) is 20.3 Å². The summed E-state index contributed by atoms with van der Waals surface area (Å²) in [4.78, 5) is 10.8. The largest absolute Gasteiger partial charge is 0.480 e. The molecule has 90 valence electrons. The highest BCUT2D eigenvalue weighted by Gasteiger charge is 2.29. The van der Waals surface area contributed by atoms with Crippen molar-refractivity contribution < 1.29 is 18.3 Å². The maximum atomic E-state index is 10.8. The normalized spacial score (nSPS) is 15.9. The van der Waals surface area contributed by atoms with Crippen LogP contribution in [0, 0.1) is 0 Å². The van der Waals surface area contributed by atoms with Crippen molar-refractivity contribution in [2.24, 2.45) is 0 Å². The van der Waals surface area contributed by atoms with Crippen molar-refractivity contribution in [2.75, 3.05) is 19.3 Å². The zero-order valence-electron chi connectivity index (χ0n) is 9.20. The average molecular weight is 238 g/mol. The highest BCUT2D eigenvalue weighted by atomic mass is 32.2. The third-order valence-electron chi connectivity index (χ3n) is 2.18. The summed E-state index contributed by atoms with van der Waals surface area (Å²) in [6, 6.07) is 0. The molecule has 0 aromatic rings. The summed E-state index contributed by atoms with van der Waals surface area (Å²) < 4.78 is 23.7. The molecule has 0 aliphatic heterocycles. The molecule has 0 aromatic carbocycles. The number of hydrogen-bond donors (Lipinski definition) is 3. The summed E-state index contributed by atoms with van der Waals surface area (Å²) in [7, 11) is -3.21. The average Bonchev–Trinajstić information content (AvgIpc) is 2.10. The maximum absolute atomic E-state index is 10.8. The van der Waals surface area contributed by atoms with E-state index in [1.165, 1.54) is 0 Å². The van der Waals surface area contributed by atoms with Gasteiger partial charge in [-0.3, -0.25) is 4.79 Å². The Balaban J connectivity index is 3.99. The molecular formula is C8H18N2O4S. The monoisotopic (exact) mass is 238 g/mol. The highest BCUT2D eigenvalue weighted by molar-refractivity contribution is 7.88. The third-order valence-corrected chi connectivity index (χ3v) is 2.91. The second-order valence-corrected chi connectivity index (χ2v) is 5.42. The van der Waals surface area contributed by atoms with Gasteiger partial charge in [0, 0.05) is 13.1 Å². The second-order valence-electron chi connectivity index (χ2n) is 3.58. The van der Waals surface area contributed by atoms with Crippen molar-refractivity contribution in [1.82, 2.24) is 10.0 Å². The molecule has 0 spiro atoms. The Kier molecular flexibility index (Phi) is 5.19. The molecule has 0 radical (unpaired) electrons. The fourth-order valence-electron chi connectivity index (χ4n) is 0.927. The van der Waals surface area contributed by atoms with Crippen molar-refractivity contribution in [1.29, 1.82) is 0 Å². The molecule has 1 atom stereocenters. The van der Waals surface area contributed by atoms with Crippen LogP contribution in [0.5, 0.6) is 0 Å². The van der Waals surface area contributed by atoms with E-state index in [2.05, 4.69) is 10.0 Å². The number of nitrogens with one attached hydrogen (secondary N) is 2. The fourth-order valence-corrected chi connectivity index (χ4v) is 1.40. The van der Waals surface area contributed by atoms with Crippen LogP contribution in [-0.4, -0.2) is 44.4 Å². The standard InChI is InChI=1S/C8H18N2O4S/c1-4-8(2,7(11)12)9-5-6-10-15(3,13)14/h9-10H,4-6H2,1-3H3,(H,11,12). The van der Waals surface area contributed by atoms with Crippen LogP contribution in [0.25, 0.3) is 0 Å². The van der Waals surface area contributed by atoms with E-state index in [0.29, 0.717) is 6.42 Å². The van der Waals surface area contributed by atoms with Gasteiger partial charge in [0.25, 0.3) is 0 Å². The number of sulfonamides is 1. The molecule has 0 aliphatic carbocycles. The van der Waals surface area contributed by atoms with Crippen molar-refractivity contribution in [2.45, 2.75) is 25.8 Å². The Labute approximate surface area is 90.1 Å². The van der Waals surface area contributed by atoms with Crippen molar-refractivity contribution in [3.05, 3.63) is 0 Å². The predicted octanol–water partition coefficient (Wildman–Crippen LogP) is -0.621. The molecular weight excluding hydrogens is 220 g/mol. The molecule has 0 fully saturated rings. The van der Waals surface area contributed by atoms with E-state index in [1.807, 2.05) is 0 Å². The minimum atomic E-state index is -3.21. The van der Waals surface area contributed by atoms with Crippen LogP contribution in [-0.2, 0) is 14.8 Å². The van der Waals surface area contributed by atoms with E-state index in [9.17, 15) is 13.2 Å². The topological polar surface area (TPSA) is 95.5 Å². The molecule has 1 unspecified atom stereocenters. The van der Waals surface area contributed by atoms with E-state index in [0.717, 1.165) is 6.26 Å². The zero-order chi connectivity index (χ0) is 12.1. The maximum Gasteiger partial charge on any atom is 0.323 e. The Morgan fingerprint density at radius 2 is 1.93 bits per heavy atom. The molecule has 6 nitrogen and oxygen atoms in total. The molecule has 0 rings (SSSR count). The van der Waals surface area contributed by atoms with Gasteiger partial charge >= 0.3 is 5.97 Å². The Morgan fingerprint density at radius 3 is 2.27 bits per heavy atom. The van der Waals surface area contributed by atoms with Crippen LogP contribution in [0.15, 0.2) is 0 Å². The minimum absolute atomic E-state index is 0.182. The van der Waals surface area contributed by atoms with Crippen molar-refractivity contribution in [3.63, 3.8) is 0 Å². The third kappa shape index (κ3) is 5.71. The minimum Gasteiger partial charge on any atom is -0.480 e. The smallest absolute Gasteiger partial charge is 0.323 e. The summed E-state index contributed by atoms with van der Waals surface area (Å²) in [5, 5.41) is 11.7. The Bertz CT molecular complexity index is 315. The quantitative estimate of drug-likeness (QED) is 0.514. The first kappa shape index (κ1) is 14.3. The van der Waals surface area contributed by atoms with Gasteiger partial charge < -0.3 is 10.4 Å². The lowest BCUT2D eigenvalue weighted by Crippen LogP contribution is -2.51. The van der Waals surface area contributed by atoms with Gasteiger partial charge in [0.1, 0.15) is 5.54 Å². The van der Waals surface area contributed by atoms with Gasteiger partial charge in [0.05, 0.1) is 6.26 Å². The number of carboxylic acid groups (broad SMARTS) is 1. The first-order valence-corrected chi connectivity index (χ1v) is 6.53. The molecule has 3 N–H and O–H groups in total. The van der Waals surface area contributed by atoms with E-state index in [-0.39, 0.29) is 13.1 Å². The summed E-state index contributed by atoms with van der Waals surface area (Å²) in [5.74, 6) is -0.940. The van der Waals surface area contributed by atoms with Crippen LogP contribution in [0.4, 0.5) is 0 Å². The van der Waals surface area contributed by atoms with Crippen molar-refractivity contribution in [3.8, 4) is 0 Å². The summed E-state index contributed by atoms with van der Waals surface area (Å²) >= 11 is 0. The van der Waals surface area contributed by atoms with Crippen LogP contribution in [0.2, 0.25) is 0 Å². The fraction of sp³-hybridized carbons (Fsp3) is 0.875. The van der Waals surface area contributed by atoms with Gasteiger partial charge in [0.2, 0.25) is 10.0 Å². The molecule has 0 aromatic heterocycles. The molecule has 0 heterocycles. The molecule has 0 bridgehead atoms. The first-order valence-electron chi connectivity index (χ1n) is 4.64. The van der Waals surface area contributed by atoms with Crippen LogP contribution in [0.3, 0.4) is 0 Å². The number of hydrogen-bond acceptors (Lipinski definition) is 4. The lowest BCUT2D eigenvalue weighted by molar-refractivity contribution is -0.144. The lowest BCUT2D eigenvalue weighted by atomic mass is 9.99. The van der Waals surface area contributed by atoms with Gasteiger partial charge in [-0.25, -0.2) is 13.1 Å². The van der Waals surface area contributed by atoms with E-state index < -0.39 is 21.5 Å². The van der Waals surface area contributed by atoms with Gasteiger partial charge in [-0.2, -0.15) is 0 Å². The lowest BCUT2D eigenvalue weighted by Gasteiger charge is -2.24. The van der Waals surface area contributed by atoms with Gasteiger partial charge in [0.15, 0.2) is 0 Å². The van der Waals surface area contributed by atoms with Gasteiger partial charge in [-0.05, 0) is 13.3 Å². The SMILES string of the molecule is CCC(C)(NCCNS(C)(=O)=O)C(=O)O. The van der Waals surface area contributed by atoms with Gasteiger partial charge in [-0.1, -0.05) is 6.92 Å². The number of carboxylic acids is 1. The number of aliphatic carboxylic acids is 1. The zero-order valence-corrected chi connectivity index (χ0v) is 10.0. The molecule has 0 saturated heterocycles. The highest BCUT2D eigenvalue weighted by Crippen LogP contribution is 2.07.